The zero-order valence-electron chi connectivity index (χ0n) is 15.3. The van der Waals surface area contributed by atoms with Crippen LogP contribution in [0.3, 0.4) is 0 Å². The van der Waals surface area contributed by atoms with Crippen LogP contribution in [0.5, 0.6) is 0 Å². The van der Waals surface area contributed by atoms with Crippen molar-refractivity contribution in [3.8, 4) is 0 Å². The Kier molecular flexibility index (Phi) is 6.16. The number of anilines is 2. The van der Waals surface area contributed by atoms with Gasteiger partial charge in [0.1, 0.15) is 5.69 Å². The smallest absolute Gasteiger partial charge is 0.293 e. The molecule has 2 unspecified atom stereocenters. The Morgan fingerprint density at radius 3 is 2.61 bits per heavy atom. The number of carbonyl (C=O) groups excluding carboxylic acids is 1. The summed E-state index contributed by atoms with van der Waals surface area (Å²) in [5, 5.41) is 18.0. The zero-order valence-corrected chi connectivity index (χ0v) is 16.2. The molecule has 0 aliphatic carbocycles. The van der Waals surface area contributed by atoms with E-state index >= 15 is 0 Å². The molecular formula is C20H23ClN4O3. The van der Waals surface area contributed by atoms with Crippen LogP contribution in [0.2, 0.25) is 0 Å². The van der Waals surface area contributed by atoms with Gasteiger partial charge >= 0.3 is 0 Å². The van der Waals surface area contributed by atoms with Crippen molar-refractivity contribution in [1.82, 2.24) is 10.2 Å². The van der Waals surface area contributed by atoms with Gasteiger partial charge in [0.25, 0.3) is 11.6 Å². The number of hydrogen-bond donors (Lipinski definition) is 2. The first-order valence-electron chi connectivity index (χ1n) is 9.27. The van der Waals surface area contributed by atoms with E-state index in [9.17, 15) is 14.9 Å². The van der Waals surface area contributed by atoms with E-state index in [4.69, 9.17) is 0 Å². The van der Waals surface area contributed by atoms with E-state index in [-0.39, 0.29) is 36.1 Å². The van der Waals surface area contributed by atoms with Crippen LogP contribution in [0, 0.1) is 10.1 Å². The van der Waals surface area contributed by atoms with Crippen molar-refractivity contribution in [2.24, 2.45) is 0 Å². The first-order chi connectivity index (χ1) is 13.1. The van der Waals surface area contributed by atoms with Crippen LogP contribution in [0.1, 0.15) is 29.6 Å². The summed E-state index contributed by atoms with van der Waals surface area (Å²) in [6, 6.07) is 14.4. The molecule has 1 amide bonds. The summed E-state index contributed by atoms with van der Waals surface area (Å²) >= 11 is 0. The number of halogens is 1. The molecule has 2 saturated heterocycles. The van der Waals surface area contributed by atoms with E-state index in [1.165, 1.54) is 6.07 Å². The van der Waals surface area contributed by atoms with Crippen LogP contribution in [0.15, 0.2) is 48.5 Å². The topological polar surface area (TPSA) is 87.5 Å². The van der Waals surface area contributed by atoms with Crippen molar-refractivity contribution < 1.29 is 9.72 Å². The van der Waals surface area contributed by atoms with Gasteiger partial charge in [-0.25, -0.2) is 0 Å². The van der Waals surface area contributed by atoms with Gasteiger partial charge in [0.05, 0.1) is 4.92 Å². The van der Waals surface area contributed by atoms with Gasteiger partial charge in [0.15, 0.2) is 0 Å². The van der Waals surface area contributed by atoms with Gasteiger partial charge in [0, 0.05) is 35.9 Å². The van der Waals surface area contributed by atoms with Crippen LogP contribution >= 0.6 is 12.4 Å². The molecule has 0 spiro atoms. The highest BCUT2D eigenvalue weighted by molar-refractivity contribution is 5.96. The predicted molar refractivity (Wildman–Crippen MR) is 111 cm³/mol. The Labute approximate surface area is 169 Å². The number of nitro groups is 1. The molecule has 2 bridgehead atoms. The van der Waals surface area contributed by atoms with Crippen molar-refractivity contribution in [2.45, 2.75) is 31.3 Å². The highest BCUT2D eigenvalue weighted by atomic mass is 35.5. The minimum atomic E-state index is -0.444. The first-order valence-corrected chi connectivity index (χ1v) is 9.27. The number of benzene rings is 2. The quantitative estimate of drug-likeness (QED) is 0.601. The number of amides is 1. The molecule has 2 N–H and O–H groups in total. The van der Waals surface area contributed by atoms with Gasteiger partial charge in [0.2, 0.25) is 0 Å². The van der Waals surface area contributed by atoms with Crippen LogP contribution in [0.4, 0.5) is 17.1 Å². The molecule has 0 radical (unpaired) electrons. The molecule has 2 aromatic carbocycles. The van der Waals surface area contributed by atoms with E-state index in [2.05, 4.69) is 10.6 Å². The molecule has 2 heterocycles. The number of fused-ring (bicyclic) bond motifs is 2. The van der Waals surface area contributed by atoms with Crippen molar-refractivity contribution in [2.75, 3.05) is 18.4 Å². The lowest BCUT2D eigenvalue weighted by atomic mass is 10.1. The number of hydrogen-bond acceptors (Lipinski definition) is 5. The fraction of sp³-hybridized carbons (Fsp3) is 0.350. The van der Waals surface area contributed by atoms with E-state index in [1.807, 2.05) is 35.2 Å². The maximum Gasteiger partial charge on any atom is 0.293 e. The molecule has 7 nitrogen and oxygen atoms in total. The van der Waals surface area contributed by atoms with Crippen LogP contribution < -0.4 is 10.6 Å². The summed E-state index contributed by atoms with van der Waals surface area (Å²) in [7, 11) is 0. The predicted octanol–water partition coefficient (Wildman–Crippen LogP) is 3.73. The van der Waals surface area contributed by atoms with E-state index < -0.39 is 4.92 Å². The molecule has 28 heavy (non-hydrogen) atoms. The van der Waals surface area contributed by atoms with Crippen molar-refractivity contribution in [3.05, 3.63) is 64.2 Å². The third-order valence-corrected chi connectivity index (χ3v) is 5.38. The standard InChI is InChI=1S/C20H22N4O3.ClH/c25-20(23-16-7-8-17(23)13-21-11-10-16)14-6-9-18(19(12-14)24(26)27)22-15-4-2-1-3-5-15;/h1-6,9,12,16-17,21-22H,7-8,10-11,13H2;1H. The van der Waals surface area contributed by atoms with Gasteiger partial charge in [-0.1, -0.05) is 18.2 Å². The molecule has 0 saturated carbocycles. The first kappa shape index (κ1) is 20.1. The Balaban J connectivity index is 0.00000225. The lowest BCUT2D eigenvalue weighted by molar-refractivity contribution is -0.383. The largest absolute Gasteiger partial charge is 0.350 e. The lowest BCUT2D eigenvalue weighted by Gasteiger charge is -2.28. The molecule has 2 fully saturated rings. The average molecular weight is 403 g/mol. The second-order valence-electron chi connectivity index (χ2n) is 7.07. The van der Waals surface area contributed by atoms with E-state index in [0.717, 1.165) is 38.0 Å². The Hall–Kier alpha value is -2.64. The normalized spacial score (nSPS) is 20.8. The second-order valence-corrected chi connectivity index (χ2v) is 7.07. The molecular weight excluding hydrogens is 380 g/mol. The van der Waals surface area contributed by atoms with Crippen molar-refractivity contribution in [1.29, 1.82) is 0 Å². The number of rotatable bonds is 4. The Morgan fingerprint density at radius 2 is 1.86 bits per heavy atom. The molecule has 2 aliphatic rings. The van der Waals surface area contributed by atoms with Gasteiger partial charge in [-0.15, -0.1) is 12.4 Å². The molecule has 2 aliphatic heterocycles. The van der Waals surface area contributed by atoms with Gasteiger partial charge in [-0.2, -0.15) is 0 Å². The third-order valence-electron chi connectivity index (χ3n) is 5.38. The number of nitro benzene ring substituents is 1. The molecule has 0 aromatic heterocycles. The van der Waals surface area contributed by atoms with E-state index in [0.29, 0.717) is 11.3 Å². The molecule has 4 rings (SSSR count). The van der Waals surface area contributed by atoms with Gasteiger partial charge < -0.3 is 15.5 Å². The fourth-order valence-electron chi connectivity index (χ4n) is 4.06. The Bertz CT molecular complexity index is 848. The zero-order chi connectivity index (χ0) is 18.8. The number of para-hydroxylation sites is 1. The summed E-state index contributed by atoms with van der Waals surface area (Å²) in [5.74, 6) is -0.111. The molecule has 2 aromatic rings. The maximum absolute atomic E-state index is 13.1. The second kappa shape index (κ2) is 8.58. The number of nitrogens with zero attached hydrogens (tertiary/aromatic N) is 2. The number of carbonyl (C=O) groups is 1. The molecule has 148 valence electrons. The minimum Gasteiger partial charge on any atom is -0.350 e. The van der Waals surface area contributed by atoms with Crippen LogP contribution in [-0.2, 0) is 0 Å². The fourth-order valence-corrected chi connectivity index (χ4v) is 4.06. The van der Waals surface area contributed by atoms with Gasteiger partial charge in [-0.05, 0) is 50.1 Å². The van der Waals surface area contributed by atoms with Crippen LogP contribution in [-0.4, -0.2) is 40.9 Å². The van der Waals surface area contributed by atoms with Gasteiger partial charge in [-0.3, -0.25) is 14.9 Å². The van der Waals surface area contributed by atoms with Crippen LogP contribution in [0.25, 0.3) is 0 Å². The summed E-state index contributed by atoms with van der Waals surface area (Å²) < 4.78 is 0. The summed E-state index contributed by atoms with van der Waals surface area (Å²) in [4.78, 5) is 26.2. The monoisotopic (exact) mass is 402 g/mol. The number of nitrogens with one attached hydrogen (secondary N) is 2. The summed E-state index contributed by atoms with van der Waals surface area (Å²) in [5.41, 5.74) is 1.42. The lowest BCUT2D eigenvalue weighted by Crippen LogP contribution is -2.42. The van der Waals surface area contributed by atoms with Crippen molar-refractivity contribution >= 4 is 35.4 Å². The third kappa shape index (κ3) is 3.95. The average Bonchev–Trinajstić information content (AvgIpc) is 2.94. The SMILES string of the molecule is Cl.O=C(c1ccc(Nc2ccccc2)c([N+](=O)[O-])c1)N1C2CCNCC1CC2. The summed E-state index contributed by atoms with van der Waals surface area (Å²) in [6.07, 6.45) is 2.92. The van der Waals surface area contributed by atoms with E-state index in [1.54, 1.807) is 12.1 Å². The molecule has 8 heteroatoms. The minimum absolute atomic E-state index is 0. The summed E-state index contributed by atoms with van der Waals surface area (Å²) in [6.45, 7) is 1.70. The maximum atomic E-state index is 13.1. The Morgan fingerprint density at radius 1 is 1.11 bits per heavy atom. The highest BCUT2D eigenvalue weighted by Gasteiger charge is 2.38. The highest BCUT2D eigenvalue weighted by Crippen LogP contribution is 2.33. The molecule has 2 atom stereocenters. The van der Waals surface area contributed by atoms with Crippen molar-refractivity contribution in [3.63, 3.8) is 0 Å².